The molecule has 1 N–H and O–H groups in total. The fourth-order valence-electron chi connectivity index (χ4n) is 4.70. The molecule has 0 bridgehead atoms. The summed E-state index contributed by atoms with van der Waals surface area (Å²) in [4.78, 5) is 28.9. The maximum Gasteiger partial charge on any atom is 0.416 e. The highest BCUT2D eigenvalue weighted by atomic mass is 79.9. The van der Waals surface area contributed by atoms with Crippen molar-refractivity contribution >= 4 is 44.4 Å². The monoisotopic (exact) mass is 445 g/mol. The number of aromatic nitrogens is 1. The molecule has 0 saturated heterocycles. The lowest BCUT2D eigenvalue weighted by molar-refractivity contribution is -0.134. The molecule has 2 aliphatic rings. The third kappa shape index (κ3) is 2.71. The van der Waals surface area contributed by atoms with Crippen molar-refractivity contribution in [1.82, 2.24) is 14.4 Å². The van der Waals surface area contributed by atoms with Crippen LogP contribution >= 0.6 is 15.9 Å². The summed E-state index contributed by atoms with van der Waals surface area (Å²) in [7, 11) is 2.05. The first kappa shape index (κ1) is 19.2. The van der Waals surface area contributed by atoms with E-state index in [1.807, 2.05) is 44.0 Å². The number of hydrogen-bond acceptors (Lipinski definition) is 3. The highest BCUT2D eigenvalue weighted by Gasteiger charge is 2.38. The van der Waals surface area contributed by atoms with Crippen molar-refractivity contribution in [3.05, 3.63) is 40.0 Å². The summed E-state index contributed by atoms with van der Waals surface area (Å²) >= 11 is 3.52. The van der Waals surface area contributed by atoms with Crippen molar-refractivity contribution in [2.45, 2.75) is 26.3 Å². The van der Waals surface area contributed by atoms with Crippen LogP contribution in [-0.2, 0) is 11.2 Å². The fourth-order valence-corrected chi connectivity index (χ4v) is 5.41. The Kier molecular flexibility index (Phi) is 4.83. The van der Waals surface area contributed by atoms with Crippen LogP contribution in [0.2, 0.25) is 0 Å². The number of carboxylic acid groups (broad SMARTS) is 1. The third-order valence-electron chi connectivity index (χ3n) is 6.08. The van der Waals surface area contributed by atoms with Crippen molar-refractivity contribution in [2.24, 2.45) is 5.92 Å². The van der Waals surface area contributed by atoms with Gasteiger partial charge in [0, 0.05) is 31.1 Å². The van der Waals surface area contributed by atoms with E-state index in [1.54, 1.807) is 0 Å². The molecule has 1 aliphatic heterocycles. The van der Waals surface area contributed by atoms with Gasteiger partial charge in [-0.15, -0.1) is 0 Å². The normalized spacial score (nSPS) is 21.4. The minimum Gasteiger partial charge on any atom is -0.464 e. The quantitative estimate of drug-likeness (QED) is 0.782. The lowest BCUT2D eigenvalue weighted by atomic mass is 9.79. The Morgan fingerprint density at radius 2 is 2.00 bits per heavy atom. The van der Waals surface area contributed by atoms with E-state index in [1.165, 1.54) is 4.57 Å². The second-order valence-corrected chi connectivity index (χ2v) is 8.24. The van der Waals surface area contributed by atoms with Crippen molar-refractivity contribution < 1.29 is 14.7 Å². The Bertz CT molecular complexity index is 1010. The zero-order valence-electron chi connectivity index (χ0n) is 16.3. The van der Waals surface area contributed by atoms with Crippen molar-refractivity contribution in [1.29, 1.82) is 0 Å². The standard InChI is InChI=1S/C21H24BrN3O3/c1-4-24(5-2)20(26)12-9-14-13-7-6-8-16-18(13)15(10-17(14)23(3)11-12)19(22)25(16)21(27)28/h6-9,12,17H,4-5,10-11H2,1-3H3,(H,27,28)/t12-,17-/m1/s1. The Hall–Kier alpha value is -2.12. The van der Waals surface area contributed by atoms with Crippen molar-refractivity contribution in [2.75, 3.05) is 26.7 Å². The molecule has 2 atom stereocenters. The molecule has 2 heterocycles. The van der Waals surface area contributed by atoms with Gasteiger partial charge in [0.05, 0.1) is 16.0 Å². The van der Waals surface area contributed by atoms with E-state index < -0.39 is 6.09 Å². The Balaban J connectivity index is 1.89. The topological polar surface area (TPSA) is 65.8 Å². The number of rotatable bonds is 3. The zero-order chi connectivity index (χ0) is 20.2. The molecule has 1 aromatic heterocycles. The summed E-state index contributed by atoms with van der Waals surface area (Å²) < 4.78 is 1.92. The van der Waals surface area contributed by atoms with Gasteiger partial charge in [0.1, 0.15) is 0 Å². The molecule has 0 spiro atoms. The van der Waals surface area contributed by atoms with E-state index in [9.17, 15) is 14.7 Å². The molecular weight excluding hydrogens is 422 g/mol. The van der Waals surface area contributed by atoms with Crippen LogP contribution in [0.1, 0.15) is 25.0 Å². The SMILES string of the molecule is CCN(CC)C(=O)[C@@H]1C=C2c3cccc4c3c(c(Br)n4C(=O)O)C[C@H]2N(C)C1. The Morgan fingerprint density at radius 1 is 1.29 bits per heavy atom. The highest BCUT2D eigenvalue weighted by Crippen LogP contribution is 2.44. The van der Waals surface area contributed by atoms with E-state index in [4.69, 9.17) is 0 Å². The number of carbonyl (C=O) groups is 2. The number of carbonyl (C=O) groups excluding carboxylic acids is 1. The summed E-state index contributed by atoms with van der Waals surface area (Å²) in [5, 5.41) is 10.7. The summed E-state index contributed by atoms with van der Waals surface area (Å²) in [5.74, 6) is -0.0250. The molecular formula is C21H24BrN3O3. The first-order valence-corrected chi connectivity index (χ1v) is 10.4. The minimum absolute atomic E-state index is 0.139. The lowest BCUT2D eigenvalue weighted by Gasteiger charge is -2.40. The Morgan fingerprint density at radius 3 is 2.64 bits per heavy atom. The zero-order valence-corrected chi connectivity index (χ0v) is 17.9. The van der Waals surface area contributed by atoms with Crippen LogP contribution in [-0.4, -0.2) is 64.2 Å². The second-order valence-electron chi connectivity index (χ2n) is 7.49. The van der Waals surface area contributed by atoms with Crippen molar-refractivity contribution in [3.63, 3.8) is 0 Å². The molecule has 0 saturated carbocycles. The van der Waals surface area contributed by atoms with E-state index >= 15 is 0 Å². The fraction of sp³-hybridized carbons (Fsp3) is 0.429. The largest absolute Gasteiger partial charge is 0.464 e. The molecule has 0 radical (unpaired) electrons. The van der Waals surface area contributed by atoms with E-state index in [0.717, 1.165) is 28.5 Å². The van der Waals surface area contributed by atoms with Crippen LogP contribution in [0.3, 0.4) is 0 Å². The van der Waals surface area contributed by atoms with Crippen LogP contribution in [0.25, 0.3) is 16.5 Å². The molecule has 7 heteroatoms. The second kappa shape index (κ2) is 7.04. The van der Waals surface area contributed by atoms with Crippen LogP contribution in [0, 0.1) is 5.92 Å². The van der Waals surface area contributed by atoms with Gasteiger partial charge in [-0.3, -0.25) is 9.69 Å². The van der Waals surface area contributed by atoms with Gasteiger partial charge < -0.3 is 10.0 Å². The number of halogens is 1. The number of likely N-dealkylation sites (N-methyl/N-ethyl adjacent to an activating group) is 1. The molecule has 1 aliphatic carbocycles. The number of amides is 1. The molecule has 6 nitrogen and oxygen atoms in total. The van der Waals surface area contributed by atoms with Crippen LogP contribution in [0.5, 0.6) is 0 Å². The van der Waals surface area contributed by atoms with Crippen LogP contribution < -0.4 is 0 Å². The van der Waals surface area contributed by atoms with Crippen molar-refractivity contribution in [3.8, 4) is 0 Å². The number of benzene rings is 1. The third-order valence-corrected chi connectivity index (χ3v) is 6.91. The molecule has 4 rings (SSSR count). The van der Waals surface area contributed by atoms with Crippen LogP contribution in [0.15, 0.2) is 28.9 Å². The average molecular weight is 446 g/mol. The van der Waals surface area contributed by atoms with Gasteiger partial charge in [-0.05, 0) is 66.0 Å². The Labute approximate surface area is 172 Å². The lowest BCUT2D eigenvalue weighted by Crippen LogP contribution is -2.47. The predicted octanol–water partition coefficient (Wildman–Crippen LogP) is 3.67. The van der Waals surface area contributed by atoms with E-state index in [2.05, 4.69) is 26.9 Å². The molecule has 1 aromatic carbocycles. The molecule has 28 heavy (non-hydrogen) atoms. The molecule has 0 unspecified atom stereocenters. The summed E-state index contributed by atoms with van der Waals surface area (Å²) in [6, 6.07) is 5.92. The molecule has 148 valence electrons. The molecule has 1 amide bonds. The van der Waals surface area contributed by atoms with Gasteiger partial charge in [-0.2, -0.15) is 0 Å². The first-order chi connectivity index (χ1) is 13.4. The average Bonchev–Trinajstić information content (AvgIpc) is 2.96. The van der Waals surface area contributed by atoms with Gasteiger partial charge in [0.15, 0.2) is 0 Å². The number of nitrogens with zero attached hydrogens (tertiary/aromatic N) is 3. The molecule has 0 fully saturated rings. The predicted molar refractivity (Wildman–Crippen MR) is 113 cm³/mol. The number of hydrogen-bond donors (Lipinski definition) is 1. The minimum atomic E-state index is -0.998. The summed E-state index contributed by atoms with van der Waals surface area (Å²) in [6.45, 7) is 6.09. The highest BCUT2D eigenvalue weighted by molar-refractivity contribution is 9.10. The number of fused-ring (bicyclic) bond motifs is 2. The first-order valence-electron chi connectivity index (χ1n) is 9.65. The maximum atomic E-state index is 13.0. The van der Waals surface area contributed by atoms with E-state index in [0.29, 0.717) is 29.8 Å². The van der Waals surface area contributed by atoms with Gasteiger partial charge in [0.2, 0.25) is 5.91 Å². The van der Waals surface area contributed by atoms with Crippen LogP contribution in [0.4, 0.5) is 4.79 Å². The summed E-state index contributed by atoms with van der Waals surface area (Å²) in [6.07, 6.45) is 1.85. The van der Waals surface area contributed by atoms with E-state index in [-0.39, 0.29) is 17.9 Å². The van der Waals surface area contributed by atoms with Gasteiger partial charge >= 0.3 is 6.09 Å². The maximum absolute atomic E-state index is 13.0. The molecule has 2 aromatic rings. The smallest absolute Gasteiger partial charge is 0.416 e. The van der Waals surface area contributed by atoms with Gasteiger partial charge in [0.25, 0.3) is 0 Å². The van der Waals surface area contributed by atoms with Gasteiger partial charge in [-0.25, -0.2) is 9.36 Å². The summed E-state index contributed by atoms with van der Waals surface area (Å²) in [5.41, 5.74) is 3.88. The van der Waals surface area contributed by atoms with Gasteiger partial charge in [-0.1, -0.05) is 18.2 Å².